The fourth-order valence-electron chi connectivity index (χ4n) is 4.28. The molecule has 0 radical (unpaired) electrons. The summed E-state index contributed by atoms with van der Waals surface area (Å²) < 4.78 is 0. The van der Waals surface area contributed by atoms with Gasteiger partial charge in [-0.15, -0.1) is 0 Å². The molecule has 0 amide bonds. The van der Waals surface area contributed by atoms with E-state index in [9.17, 15) is 0 Å². The molecule has 0 saturated carbocycles. The van der Waals surface area contributed by atoms with Crippen molar-refractivity contribution >= 4 is 51.2 Å². The largest absolute Gasteiger partial charge is 0.310 e. The van der Waals surface area contributed by atoms with Crippen LogP contribution in [0, 0.1) is 0 Å². The van der Waals surface area contributed by atoms with Gasteiger partial charge in [-0.05, 0) is 109 Å². The molecule has 0 saturated heterocycles. The molecule has 0 heterocycles. The van der Waals surface area contributed by atoms with Crippen LogP contribution in [0.25, 0.3) is 0 Å². The van der Waals surface area contributed by atoms with Crippen LogP contribution in [0.3, 0.4) is 0 Å². The molecule has 0 fully saturated rings. The third kappa shape index (κ3) is 7.36. The molecule has 206 valence electrons. The van der Waals surface area contributed by atoms with E-state index in [0.29, 0.717) is 0 Å². The number of azo groups is 3. The van der Waals surface area contributed by atoms with Crippen molar-refractivity contribution in [1.82, 2.24) is 0 Å². The van der Waals surface area contributed by atoms with Crippen LogP contribution < -0.4 is 4.90 Å². The van der Waals surface area contributed by atoms with E-state index in [1.165, 1.54) is 0 Å². The van der Waals surface area contributed by atoms with E-state index in [4.69, 9.17) is 0 Å². The van der Waals surface area contributed by atoms with Crippen molar-refractivity contribution in [3.63, 3.8) is 0 Å². The Kier molecular flexibility index (Phi) is 8.52. The lowest BCUT2D eigenvalue weighted by atomic mass is 10.1. The summed E-state index contributed by atoms with van der Waals surface area (Å²) in [6.45, 7) is 0. The van der Waals surface area contributed by atoms with E-state index < -0.39 is 0 Å². The second kappa shape index (κ2) is 13.5. The molecule has 0 atom stereocenters. The minimum absolute atomic E-state index is 0.765. The number of hydrogen-bond acceptors (Lipinski definition) is 7. The minimum Gasteiger partial charge on any atom is -0.310 e. The van der Waals surface area contributed by atoms with E-state index in [1.807, 2.05) is 164 Å². The van der Waals surface area contributed by atoms with E-state index in [-0.39, 0.29) is 0 Å². The van der Waals surface area contributed by atoms with Crippen molar-refractivity contribution in [3.05, 3.63) is 164 Å². The number of nitrogens with zero attached hydrogens (tertiary/aromatic N) is 7. The molecule has 0 bridgehead atoms. The number of anilines is 3. The second-order valence-electron chi connectivity index (χ2n) is 9.49. The lowest BCUT2D eigenvalue weighted by molar-refractivity contribution is 1.21. The van der Waals surface area contributed by atoms with Gasteiger partial charge in [0.15, 0.2) is 0 Å². The maximum atomic E-state index is 4.40. The molecule has 6 aromatic rings. The number of hydrogen-bond donors (Lipinski definition) is 0. The topological polar surface area (TPSA) is 77.4 Å². The average Bonchev–Trinajstić information content (AvgIpc) is 3.09. The van der Waals surface area contributed by atoms with Crippen molar-refractivity contribution in [2.45, 2.75) is 0 Å². The average molecular weight is 558 g/mol. The minimum atomic E-state index is 0.765. The van der Waals surface area contributed by atoms with Crippen molar-refractivity contribution in [1.29, 1.82) is 0 Å². The van der Waals surface area contributed by atoms with Gasteiger partial charge < -0.3 is 4.90 Å². The summed E-state index contributed by atoms with van der Waals surface area (Å²) in [5.41, 5.74) is 7.62. The highest BCUT2D eigenvalue weighted by atomic mass is 15.2. The molecule has 7 heteroatoms. The first-order valence-corrected chi connectivity index (χ1v) is 13.8. The van der Waals surface area contributed by atoms with Gasteiger partial charge in [0, 0.05) is 17.1 Å². The summed E-state index contributed by atoms with van der Waals surface area (Å²) in [4.78, 5) is 2.16. The maximum absolute atomic E-state index is 4.40. The molecule has 0 aliphatic carbocycles. The molecule has 0 unspecified atom stereocenters. The van der Waals surface area contributed by atoms with Gasteiger partial charge in [-0.1, -0.05) is 54.6 Å². The van der Waals surface area contributed by atoms with Crippen LogP contribution in [-0.2, 0) is 0 Å². The molecule has 0 aliphatic heterocycles. The lowest BCUT2D eigenvalue weighted by Gasteiger charge is -2.25. The molecular weight excluding hydrogens is 530 g/mol. The van der Waals surface area contributed by atoms with Crippen molar-refractivity contribution < 1.29 is 0 Å². The third-order valence-corrected chi connectivity index (χ3v) is 6.44. The summed E-state index contributed by atoms with van der Waals surface area (Å²) in [5, 5.41) is 26.2. The van der Waals surface area contributed by atoms with E-state index in [2.05, 4.69) is 35.6 Å². The van der Waals surface area contributed by atoms with Gasteiger partial charge in [0.05, 0.1) is 34.1 Å². The molecule has 6 aromatic carbocycles. The monoisotopic (exact) mass is 557 g/mol. The highest BCUT2D eigenvalue weighted by molar-refractivity contribution is 5.78. The highest BCUT2D eigenvalue weighted by Gasteiger charge is 2.13. The van der Waals surface area contributed by atoms with Gasteiger partial charge in [0.25, 0.3) is 0 Å². The fraction of sp³-hybridized carbons (Fsp3) is 0. The first-order valence-electron chi connectivity index (χ1n) is 13.8. The SMILES string of the molecule is c1ccc(N=Nc2ccc(N(c3ccc(N=Nc4ccccc4)cc3)c3ccc(N=Nc4ccccc4)cc3)cc2)cc1. The molecular formula is C36H27N7. The molecule has 6 rings (SSSR count). The molecule has 43 heavy (non-hydrogen) atoms. The summed E-state index contributed by atoms with van der Waals surface area (Å²) in [5.74, 6) is 0. The van der Waals surface area contributed by atoms with Crippen LogP contribution in [0.2, 0.25) is 0 Å². The summed E-state index contributed by atoms with van der Waals surface area (Å²) in [6.07, 6.45) is 0. The molecule has 7 nitrogen and oxygen atoms in total. The van der Waals surface area contributed by atoms with Gasteiger partial charge in [-0.3, -0.25) is 0 Å². The van der Waals surface area contributed by atoms with Crippen molar-refractivity contribution in [3.8, 4) is 0 Å². The summed E-state index contributed by atoms with van der Waals surface area (Å²) >= 11 is 0. The third-order valence-electron chi connectivity index (χ3n) is 6.44. The van der Waals surface area contributed by atoms with Crippen LogP contribution in [0.15, 0.2) is 194 Å². The van der Waals surface area contributed by atoms with Crippen LogP contribution in [-0.4, -0.2) is 0 Å². The fourth-order valence-corrected chi connectivity index (χ4v) is 4.28. The standard InChI is InChI=1S/C36H27N7/c1-4-10-28(11-5-1)37-40-31-16-22-34(23-17-31)43(35-24-18-32(19-25-35)41-38-29-12-6-2-7-13-29)36-26-20-33(21-27-36)42-39-30-14-8-3-9-15-30/h1-27H. The lowest BCUT2D eigenvalue weighted by Crippen LogP contribution is -2.09. The first-order chi connectivity index (χ1) is 21.3. The Morgan fingerprint density at radius 2 is 0.442 bits per heavy atom. The second-order valence-corrected chi connectivity index (χ2v) is 9.49. The van der Waals surface area contributed by atoms with Gasteiger partial charge in [0.2, 0.25) is 0 Å². The van der Waals surface area contributed by atoms with Gasteiger partial charge in [0.1, 0.15) is 0 Å². The van der Waals surface area contributed by atoms with Crippen molar-refractivity contribution in [2.75, 3.05) is 4.90 Å². The normalized spacial score (nSPS) is 11.4. The van der Waals surface area contributed by atoms with E-state index in [0.717, 1.165) is 51.2 Å². The molecule has 0 aromatic heterocycles. The zero-order chi connectivity index (χ0) is 29.1. The maximum Gasteiger partial charge on any atom is 0.0858 e. The Labute approximate surface area is 250 Å². The van der Waals surface area contributed by atoms with E-state index in [1.54, 1.807) is 0 Å². The van der Waals surface area contributed by atoms with Crippen LogP contribution >= 0.6 is 0 Å². The zero-order valence-corrected chi connectivity index (χ0v) is 23.2. The first kappa shape index (κ1) is 27.1. The van der Waals surface area contributed by atoms with E-state index >= 15 is 0 Å². The molecule has 0 N–H and O–H groups in total. The Balaban J connectivity index is 1.28. The highest BCUT2D eigenvalue weighted by Crippen LogP contribution is 2.37. The Morgan fingerprint density at radius 3 is 0.674 bits per heavy atom. The van der Waals surface area contributed by atoms with Crippen LogP contribution in [0.5, 0.6) is 0 Å². The van der Waals surface area contributed by atoms with Crippen LogP contribution in [0.1, 0.15) is 0 Å². The number of benzene rings is 6. The van der Waals surface area contributed by atoms with Gasteiger partial charge in [-0.2, -0.15) is 30.7 Å². The predicted molar refractivity (Wildman–Crippen MR) is 173 cm³/mol. The van der Waals surface area contributed by atoms with Crippen molar-refractivity contribution in [2.24, 2.45) is 30.7 Å². The number of rotatable bonds is 9. The zero-order valence-electron chi connectivity index (χ0n) is 23.2. The summed E-state index contributed by atoms with van der Waals surface area (Å²) in [6, 6.07) is 53.0. The summed E-state index contributed by atoms with van der Waals surface area (Å²) in [7, 11) is 0. The quantitative estimate of drug-likeness (QED) is 0.163. The Hall–Kier alpha value is -6.08. The van der Waals surface area contributed by atoms with Gasteiger partial charge in [-0.25, -0.2) is 0 Å². The Morgan fingerprint density at radius 1 is 0.233 bits per heavy atom. The smallest absolute Gasteiger partial charge is 0.0858 e. The predicted octanol–water partition coefficient (Wildman–Crippen LogP) is 12.4. The van der Waals surface area contributed by atoms with Gasteiger partial charge >= 0.3 is 0 Å². The van der Waals surface area contributed by atoms with Crippen LogP contribution in [0.4, 0.5) is 51.2 Å². The molecule has 0 spiro atoms. The molecule has 0 aliphatic rings. The Bertz CT molecular complexity index is 1600.